The quantitative estimate of drug-likeness (QED) is 0.394. The summed E-state index contributed by atoms with van der Waals surface area (Å²) in [4.78, 5) is 57.5. The summed E-state index contributed by atoms with van der Waals surface area (Å²) < 4.78 is 11.5. The monoisotopic (exact) mass is 644 g/mol. The maximum atomic E-state index is 15.1. The van der Waals surface area contributed by atoms with Gasteiger partial charge in [0.2, 0.25) is 0 Å². The summed E-state index contributed by atoms with van der Waals surface area (Å²) in [6.45, 7) is 3.60. The largest absolute Gasteiger partial charge is 0.468 e. The number of ketones is 2. The molecule has 222 valence electrons. The van der Waals surface area contributed by atoms with Crippen LogP contribution in [0.25, 0.3) is 0 Å². The number of Topliss-reactive ketones (excluding diaryl/α,β-unsaturated/α-hetero) is 2. The number of carbonyl (C=O) groups is 4. The molecule has 1 saturated carbocycles. The highest BCUT2D eigenvalue weighted by Crippen LogP contribution is 2.59. The molecule has 6 rings (SSSR count). The molecule has 0 radical (unpaired) electrons. The summed E-state index contributed by atoms with van der Waals surface area (Å²) in [5.74, 6) is -5.83. The molecule has 0 spiro atoms. The van der Waals surface area contributed by atoms with Gasteiger partial charge in [0, 0.05) is 22.5 Å². The molecule has 0 bridgehead atoms. The molecule has 8 nitrogen and oxygen atoms in total. The molecule has 0 amide bonds. The minimum atomic E-state index is -1.64. The molecule has 1 aliphatic carbocycles. The Balaban J connectivity index is 1.60. The number of carbonyl (C=O) groups excluding carboxylic acids is 4. The van der Waals surface area contributed by atoms with Gasteiger partial charge in [-0.15, -0.1) is 0 Å². The van der Waals surface area contributed by atoms with Gasteiger partial charge >= 0.3 is 11.9 Å². The van der Waals surface area contributed by atoms with Gasteiger partial charge in [-0.2, -0.15) is 0 Å². The number of methoxy groups -OCH3 is 2. The van der Waals surface area contributed by atoms with E-state index in [1.807, 2.05) is 61.5 Å². The average Bonchev–Trinajstić information content (AvgIpc) is 3.56. The first-order valence-electron chi connectivity index (χ1n) is 14.3. The van der Waals surface area contributed by atoms with Crippen LogP contribution in [0.5, 0.6) is 0 Å². The van der Waals surface area contributed by atoms with Crippen LogP contribution in [0, 0.1) is 30.6 Å². The molecule has 9 heteroatoms. The van der Waals surface area contributed by atoms with Crippen molar-refractivity contribution in [3.8, 4) is 0 Å². The second-order valence-corrected chi connectivity index (χ2v) is 12.8. The van der Waals surface area contributed by atoms with Crippen molar-refractivity contribution >= 4 is 39.4 Å². The number of hydrogen-bond acceptors (Lipinski definition) is 8. The summed E-state index contributed by atoms with van der Waals surface area (Å²) in [5, 5.41) is 6.82. The molecule has 8 atom stereocenters. The number of rotatable bonds is 5. The number of hydrogen-bond donors (Lipinski definition) is 2. The Kier molecular flexibility index (Phi) is 7.39. The Morgan fingerprint density at radius 3 is 1.81 bits per heavy atom. The topological polar surface area (TPSA) is 111 Å². The van der Waals surface area contributed by atoms with Crippen molar-refractivity contribution in [3.05, 3.63) is 106 Å². The standard InChI is InChI=1S/C34H33BrN2O6/c1-18-10-12-19(13-11-18)27-23-25(33(2,36-27)31(40)42-3)29(38)24-26(30(23)39)34(32(41)43-4,21-8-6-5-7-9-21)37-28(24)20-14-16-22(35)17-15-20/h5-17,23-28,36-37H,1-4H3/t23-,24+,25-,26+,27-,28+,33-,34+/m1/s1. The molecule has 3 aromatic rings. The van der Waals surface area contributed by atoms with Crippen molar-refractivity contribution in [2.24, 2.45) is 23.7 Å². The zero-order valence-corrected chi connectivity index (χ0v) is 25.9. The summed E-state index contributed by atoms with van der Waals surface area (Å²) in [7, 11) is 2.57. The van der Waals surface area contributed by atoms with Gasteiger partial charge < -0.3 is 9.47 Å². The highest BCUT2D eigenvalue weighted by atomic mass is 79.9. The maximum Gasteiger partial charge on any atom is 0.331 e. The van der Waals surface area contributed by atoms with Crippen molar-refractivity contribution in [2.75, 3.05) is 14.2 Å². The number of halogens is 1. The molecular weight excluding hydrogens is 612 g/mol. The van der Waals surface area contributed by atoms with Crippen molar-refractivity contribution in [1.29, 1.82) is 0 Å². The second-order valence-electron chi connectivity index (χ2n) is 11.9. The van der Waals surface area contributed by atoms with Crippen molar-refractivity contribution < 1.29 is 28.7 Å². The molecule has 2 heterocycles. The highest BCUT2D eigenvalue weighted by molar-refractivity contribution is 9.10. The van der Waals surface area contributed by atoms with Gasteiger partial charge in [0.1, 0.15) is 17.1 Å². The minimum absolute atomic E-state index is 0.272. The molecule has 3 aromatic carbocycles. The Morgan fingerprint density at radius 2 is 1.23 bits per heavy atom. The molecule has 0 unspecified atom stereocenters. The SMILES string of the molecule is COC(=O)[C@]1(C)N[C@H](c2ccc(C)cc2)[C@@H]2C(=O)[C@@H]3[C@H](C(=O)[C@@H]21)[C@H](c1ccc(Br)cc1)N[C@@]3(C(=O)OC)c1ccccc1. The lowest BCUT2D eigenvalue weighted by Gasteiger charge is -2.42. The van der Waals surface area contributed by atoms with Crippen LogP contribution in [-0.4, -0.2) is 43.3 Å². The van der Waals surface area contributed by atoms with Crippen molar-refractivity contribution in [3.63, 3.8) is 0 Å². The summed E-state index contributed by atoms with van der Waals surface area (Å²) >= 11 is 3.47. The lowest BCUT2D eigenvalue weighted by atomic mass is 9.57. The summed E-state index contributed by atoms with van der Waals surface area (Å²) in [6.07, 6.45) is 0. The predicted molar refractivity (Wildman–Crippen MR) is 162 cm³/mol. The first kappa shape index (κ1) is 29.4. The first-order chi connectivity index (χ1) is 20.6. The number of benzene rings is 3. The van der Waals surface area contributed by atoms with E-state index < -0.39 is 58.8 Å². The number of esters is 2. The molecular formula is C34H33BrN2O6. The third kappa shape index (κ3) is 4.31. The van der Waals surface area contributed by atoms with Crippen LogP contribution < -0.4 is 10.6 Å². The Bertz CT molecular complexity index is 1590. The van der Waals surface area contributed by atoms with Gasteiger partial charge in [0.25, 0.3) is 0 Å². The van der Waals surface area contributed by atoms with E-state index in [1.54, 1.807) is 31.2 Å². The van der Waals surface area contributed by atoms with Gasteiger partial charge in [-0.3, -0.25) is 25.0 Å². The van der Waals surface area contributed by atoms with E-state index in [2.05, 4.69) is 26.6 Å². The lowest BCUT2D eigenvalue weighted by Crippen LogP contribution is -2.60. The van der Waals surface area contributed by atoms with Crippen LogP contribution in [0.1, 0.15) is 41.3 Å². The molecule has 0 aromatic heterocycles. The molecule has 43 heavy (non-hydrogen) atoms. The van der Waals surface area contributed by atoms with E-state index in [1.165, 1.54) is 14.2 Å². The normalized spacial score (nSPS) is 33.0. The van der Waals surface area contributed by atoms with Gasteiger partial charge in [0.05, 0.1) is 32.0 Å². The predicted octanol–water partition coefficient (Wildman–Crippen LogP) is 4.36. The Hall–Kier alpha value is -3.66. The van der Waals surface area contributed by atoms with Crippen LogP contribution in [0.3, 0.4) is 0 Å². The first-order valence-corrected chi connectivity index (χ1v) is 15.0. The van der Waals surface area contributed by atoms with Gasteiger partial charge in [-0.1, -0.05) is 88.2 Å². The molecule has 3 aliphatic rings. The van der Waals surface area contributed by atoms with Crippen LogP contribution in [0.2, 0.25) is 0 Å². The van der Waals surface area contributed by atoms with Gasteiger partial charge in [0.15, 0.2) is 5.54 Å². The number of ether oxygens (including phenoxy) is 2. The van der Waals surface area contributed by atoms with Crippen LogP contribution in [0.4, 0.5) is 0 Å². The van der Waals surface area contributed by atoms with Gasteiger partial charge in [-0.05, 0) is 42.7 Å². The Labute approximate surface area is 258 Å². The average molecular weight is 646 g/mol. The van der Waals surface area contributed by atoms with Crippen LogP contribution in [0.15, 0.2) is 83.3 Å². The van der Waals surface area contributed by atoms with Crippen molar-refractivity contribution in [2.45, 2.75) is 37.0 Å². The second kappa shape index (κ2) is 10.8. The molecule has 2 N–H and O–H groups in total. The van der Waals surface area contributed by atoms with E-state index in [4.69, 9.17) is 9.47 Å². The highest BCUT2D eigenvalue weighted by Gasteiger charge is 2.74. The van der Waals surface area contributed by atoms with E-state index >= 15 is 4.79 Å². The van der Waals surface area contributed by atoms with E-state index in [0.29, 0.717) is 5.56 Å². The third-order valence-electron chi connectivity index (χ3n) is 9.65. The fourth-order valence-electron chi connectivity index (χ4n) is 7.72. The third-order valence-corrected chi connectivity index (χ3v) is 10.2. The number of nitrogens with one attached hydrogen (secondary N) is 2. The fourth-order valence-corrected chi connectivity index (χ4v) is 7.98. The Morgan fingerprint density at radius 1 is 0.721 bits per heavy atom. The van der Waals surface area contributed by atoms with E-state index in [-0.39, 0.29) is 11.6 Å². The summed E-state index contributed by atoms with van der Waals surface area (Å²) in [6, 6.07) is 22.7. The van der Waals surface area contributed by atoms with E-state index in [9.17, 15) is 14.4 Å². The zero-order valence-electron chi connectivity index (χ0n) is 24.3. The lowest BCUT2D eigenvalue weighted by molar-refractivity contribution is -0.161. The number of aryl methyl sites for hydroxylation is 1. The van der Waals surface area contributed by atoms with E-state index in [0.717, 1.165) is 21.2 Å². The van der Waals surface area contributed by atoms with Crippen LogP contribution >= 0.6 is 15.9 Å². The van der Waals surface area contributed by atoms with Crippen molar-refractivity contribution in [1.82, 2.24) is 10.6 Å². The summed E-state index contributed by atoms with van der Waals surface area (Å²) in [5.41, 5.74) is -0.0406. The fraction of sp³-hybridized carbons (Fsp3) is 0.353. The van der Waals surface area contributed by atoms with Crippen LogP contribution in [-0.2, 0) is 34.2 Å². The maximum absolute atomic E-state index is 15.1. The zero-order chi connectivity index (χ0) is 30.7. The molecule has 2 saturated heterocycles. The smallest absolute Gasteiger partial charge is 0.331 e. The number of fused-ring (bicyclic) bond motifs is 2. The van der Waals surface area contributed by atoms with Gasteiger partial charge in [-0.25, -0.2) is 4.79 Å². The molecule has 2 aliphatic heterocycles. The molecule has 3 fully saturated rings. The minimum Gasteiger partial charge on any atom is -0.468 e.